The first kappa shape index (κ1) is 13.8. The van der Waals surface area contributed by atoms with Crippen molar-refractivity contribution < 1.29 is 0 Å². The molecule has 0 amide bonds. The van der Waals surface area contributed by atoms with E-state index in [1.54, 1.807) is 0 Å². The lowest BCUT2D eigenvalue weighted by Crippen LogP contribution is -2.11. The smallest absolute Gasteiger partial charge is 0.0704 e. The Labute approximate surface area is 116 Å². The zero-order valence-electron chi connectivity index (χ0n) is 12.6. The number of nitrogens with zero attached hydrogens (tertiary/aromatic N) is 1. The van der Waals surface area contributed by atoms with Crippen LogP contribution in [0.2, 0.25) is 0 Å². The van der Waals surface area contributed by atoms with Crippen molar-refractivity contribution in [3.8, 4) is 11.3 Å². The van der Waals surface area contributed by atoms with E-state index in [9.17, 15) is 0 Å². The zero-order chi connectivity index (χ0) is 14.0. The Balaban J connectivity index is 2.37. The summed E-state index contributed by atoms with van der Waals surface area (Å²) in [6.45, 7) is 11.1. The van der Waals surface area contributed by atoms with Crippen LogP contribution in [0.15, 0.2) is 42.6 Å². The van der Waals surface area contributed by atoms with Crippen molar-refractivity contribution >= 4 is 0 Å². The molecule has 0 atom stereocenters. The van der Waals surface area contributed by atoms with Gasteiger partial charge in [-0.2, -0.15) is 0 Å². The average Bonchev–Trinajstić information content (AvgIpc) is 2.38. The number of benzene rings is 1. The third-order valence-corrected chi connectivity index (χ3v) is 3.50. The summed E-state index contributed by atoms with van der Waals surface area (Å²) in [6, 6.07) is 13.0. The van der Waals surface area contributed by atoms with E-state index in [1.165, 1.54) is 16.7 Å². The number of rotatable bonds is 2. The summed E-state index contributed by atoms with van der Waals surface area (Å²) in [5.74, 6) is 0.572. The Bertz CT molecular complexity index is 545. The topological polar surface area (TPSA) is 12.9 Å². The van der Waals surface area contributed by atoms with Crippen LogP contribution >= 0.6 is 0 Å². The first-order valence-corrected chi connectivity index (χ1v) is 6.95. The number of hydrogen-bond donors (Lipinski definition) is 0. The van der Waals surface area contributed by atoms with Crippen LogP contribution in [0, 0.1) is 0 Å². The van der Waals surface area contributed by atoms with E-state index in [0.29, 0.717) is 5.92 Å². The molecule has 1 heterocycles. The number of pyridine rings is 1. The van der Waals surface area contributed by atoms with E-state index in [1.807, 2.05) is 6.20 Å². The predicted molar refractivity (Wildman–Crippen MR) is 82.5 cm³/mol. The van der Waals surface area contributed by atoms with E-state index < -0.39 is 0 Å². The molecule has 2 aromatic rings. The summed E-state index contributed by atoms with van der Waals surface area (Å²) in [5, 5.41) is 0. The second-order valence-corrected chi connectivity index (χ2v) is 6.46. The highest BCUT2D eigenvalue weighted by Gasteiger charge is 2.14. The van der Waals surface area contributed by atoms with Gasteiger partial charge >= 0.3 is 0 Å². The highest BCUT2D eigenvalue weighted by Crippen LogP contribution is 2.26. The van der Waals surface area contributed by atoms with Gasteiger partial charge in [0.1, 0.15) is 0 Å². The summed E-state index contributed by atoms with van der Waals surface area (Å²) in [5.41, 5.74) is 5.11. The van der Waals surface area contributed by atoms with Gasteiger partial charge in [0.15, 0.2) is 0 Å². The van der Waals surface area contributed by atoms with Crippen LogP contribution in [0.3, 0.4) is 0 Å². The minimum absolute atomic E-state index is 0.162. The Morgan fingerprint density at radius 2 is 1.58 bits per heavy atom. The largest absolute Gasteiger partial charge is 0.256 e. The summed E-state index contributed by atoms with van der Waals surface area (Å²) >= 11 is 0. The first-order valence-electron chi connectivity index (χ1n) is 6.95. The fraction of sp³-hybridized carbons (Fsp3) is 0.389. The quantitative estimate of drug-likeness (QED) is 0.719. The molecule has 0 saturated heterocycles. The fourth-order valence-electron chi connectivity index (χ4n) is 2.09. The molecule has 19 heavy (non-hydrogen) atoms. The Hall–Kier alpha value is -1.63. The minimum Gasteiger partial charge on any atom is -0.256 e. The van der Waals surface area contributed by atoms with Crippen molar-refractivity contribution in [1.82, 2.24) is 4.98 Å². The van der Waals surface area contributed by atoms with Crippen LogP contribution < -0.4 is 0 Å². The molecule has 1 aromatic carbocycles. The standard InChI is InChI=1S/C18H23N/c1-13(2)14-6-8-15(9-7-14)17-12-16(10-11-19-17)18(3,4)5/h6-13H,1-5H3. The Morgan fingerprint density at radius 1 is 0.947 bits per heavy atom. The maximum absolute atomic E-state index is 4.50. The normalized spacial score (nSPS) is 11.9. The second kappa shape index (κ2) is 5.16. The average molecular weight is 253 g/mol. The molecule has 0 aliphatic rings. The number of aromatic nitrogens is 1. The lowest BCUT2D eigenvalue weighted by Gasteiger charge is -2.19. The lowest BCUT2D eigenvalue weighted by atomic mass is 9.87. The van der Waals surface area contributed by atoms with Crippen LogP contribution in [0.1, 0.15) is 51.7 Å². The van der Waals surface area contributed by atoms with E-state index in [-0.39, 0.29) is 5.41 Å². The zero-order valence-corrected chi connectivity index (χ0v) is 12.6. The van der Waals surface area contributed by atoms with Gasteiger partial charge in [0.25, 0.3) is 0 Å². The molecule has 0 unspecified atom stereocenters. The van der Waals surface area contributed by atoms with Crippen LogP contribution in [0.5, 0.6) is 0 Å². The van der Waals surface area contributed by atoms with Crippen molar-refractivity contribution in [2.24, 2.45) is 0 Å². The van der Waals surface area contributed by atoms with Crippen molar-refractivity contribution in [3.05, 3.63) is 53.7 Å². The third kappa shape index (κ3) is 3.23. The molecular formula is C18H23N. The molecule has 0 aliphatic heterocycles. The SMILES string of the molecule is CC(C)c1ccc(-c2cc(C(C)(C)C)ccn2)cc1. The molecule has 0 N–H and O–H groups in total. The monoisotopic (exact) mass is 253 g/mol. The van der Waals surface area contributed by atoms with E-state index in [2.05, 4.69) is 76.0 Å². The minimum atomic E-state index is 0.162. The van der Waals surface area contributed by atoms with Gasteiger partial charge in [-0.05, 0) is 34.6 Å². The van der Waals surface area contributed by atoms with Crippen LogP contribution in [0.25, 0.3) is 11.3 Å². The van der Waals surface area contributed by atoms with Gasteiger partial charge in [0.2, 0.25) is 0 Å². The molecule has 1 aromatic heterocycles. The van der Waals surface area contributed by atoms with Gasteiger partial charge in [0, 0.05) is 11.8 Å². The van der Waals surface area contributed by atoms with E-state index in [0.717, 1.165) is 5.69 Å². The molecule has 0 aliphatic carbocycles. The summed E-state index contributed by atoms with van der Waals surface area (Å²) in [6.07, 6.45) is 1.91. The fourth-order valence-corrected chi connectivity index (χ4v) is 2.09. The lowest BCUT2D eigenvalue weighted by molar-refractivity contribution is 0.589. The van der Waals surface area contributed by atoms with E-state index in [4.69, 9.17) is 0 Å². The van der Waals surface area contributed by atoms with Gasteiger partial charge in [-0.25, -0.2) is 0 Å². The van der Waals surface area contributed by atoms with Crippen LogP contribution in [-0.2, 0) is 5.41 Å². The molecule has 1 heteroatoms. The van der Waals surface area contributed by atoms with Gasteiger partial charge in [-0.3, -0.25) is 4.98 Å². The summed E-state index contributed by atoms with van der Waals surface area (Å²) in [4.78, 5) is 4.50. The van der Waals surface area contributed by atoms with Gasteiger partial charge in [-0.1, -0.05) is 58.9 Å². The summed E-state index contributed by atoms with van der Waals surface area (Å²) < 4.78 is 0. The van der Waals surface area contributed by atoms with Crippen molar-refractivity contribution in [2.75, 3.05) is 0 Å². The van der Waals surface area contributed by atoms with Gasteiger partial charge < -0.3 is 0 Å². The van der Waals surface area contributed by atoms with Crippen LogP contribution in [0.4, 0.5) is 0 Å². The maximum atomic E-state index is 4.50. The van der Waals surface area contributed by atoms with Crippen molar-refractivity contribution in [1.29, 1.82) is 0 Å². The predicted octanol–water partition coefficient (Wildman–Crippen LogP) is 5.17. The van der Waals surface area contributed by atoms with E-state index >= 15 is 0 Å². The molecule has 100 valence electrons. The molecule has 0 fully saturated rings. The Kier molecular flexibility index (Phi) is 3.75. The number of hydrogen-bond acceptors (Lipinski definition) is 1. The second-order valence-electron chi connectivity index (χ2n) is 6.46. The Morgan fingerprint density at radius 3 is 2.11 bits per heavy atom. The highest BCUT2D eigenvalue weighted by atomic mass is 14.7. The molecule has 0 radical (unpaired) electrons. The highest BCUT2D eigenvalue weighted by molar-refractivity contribution is 5.60. The summed E-state index contributed by atoms with van der Waals surface area (Å²) in [7, 11) is 0. The molecule has 2 rings (SSSR count). The molecule has 0 bridgehead atoms. The molecule has 0 spiro atoms. The molecular weight excluding hydrogens is 230 g/mol. The van der Waals surface area contributed by atoms with Crippen LogP contribution in [-0.4, -0.2) is 4.98 Å². The first-order chi connectivity index (χ1) is 8.88. The van der Waals surface area contributed by atoms with Gasteiger partial charge in [0.05, 0.1) is 5.69 Å². The van der Waals surface area contributed by atoms with Gasteiger partial charge in [-0.15, -0.1) is 0 Å². The van der Waals surface area contributed by atoms with Crippen molar-refractivity contribution in [3.63, 3.8) is 0 Å². The molecule has 0 saturated carbocycles. The molecule has 1 nitrogen and oxygen atoms in total. The third-order valence-electron chi connectivity index (χ3n) is 3.50. The van der Waals surface area contributed by atoms with Crippen molar-refractivity contribution in [2.45, 2.75) is 46.0 Å². The maximum Gasteiger partial charge on any atom is 0.0704 e.